The maximum absolute atomic E-state index is 12.1. The van der Waals surface area contributed by atoms with Crippen molar-refractivity contribution in [3.63, 3.8) is 0 Å². The molecule has 6 heteroatoms. The van der Waals surface area contributed by atoms with Gasteiger partial charge in [0, 0.05) is 18.5 Å². The van der Waals surface area contributed by atoms with Gasteiger partial charge in [-0.25, -0.2) is 9.50 Å². The molecule has 2 rings (SSSR count). The van der Waals surface area contributed by atoms with E-state index in [4.69, 9.17) is 0 Å². The maximum atomic E-state index is 12.1. The summed E-state index contributed by atoms with van der Waals surface area (Å²) in [5.41, 5.74) is -0.735. The minimum Gasteiger partial charge on any atom is -0.237 e. The van der Waals surface area contributed by atoms with Crippen LogP contribution in [0.3, 0.4) is 0 Å². The first-order valence-corrected chi connectivity index (χ1v) is 3.45. The summed E-state index contributed by atoms with van der Waals surface area (Å²) in [6.07, 6.45) is -1.58. The van der Waals surface area contributed by atoms with Crippen molar-refractivity contribution in [1.82, 2.24) is 14.6 Å². The Labute approximate surface area is 70.8 Å². The van der Waals surface area contributed by atoms with Crippen LogP contribution in [0.5, 0.6) is 0 Å². The third kappa shape index (κ3) is 1.34. The number of hydrogen-bond acceptors (Lipinski definition) is 2. The van der Waals surface area contributed by atoms with Gasteiger partial charge < -0.3 is 0 Å². The fourth-order valence-corrected chi connectivity index (χ4v) is 0.969. The molecule has 0 spiro atoms. The van der Waals surface area contributed by atoms with Crippen LogP contribution in [0.25, 0.3) is 5.65 Å². The zero-order valence-electron chi connectivity index (χ0n) is 6.28. The van der Waals surface area contributed by atoms with Crippen LogP contribution in [-0.2, 0) is 6.18 Å². The number of alkyl halides is 3. The lowest BCUT2D eigenvalue weighted by Crippen LogP contribution is -2.05. The molecule has 0 radical (unpaired) electrons. The van der Waals surface area contributed by atoms with Crippen molar-refractivity contribution in [3.05, 3.63) is 30.2 Å². The average Bonchev–Trinajstić information content (AvgIpc) is 2.45. The third-order valence-electron chi connectivity index (χ3n) is 1.53. The predicted octanol–water partition coefficient (Wildman–Crippen LogP) is 1.75. The van der Waals surface area contributed by atoms with Gasteiger partial charge in [0.1, 0.15) is 0 Å². The van der Waals surface area contributed by atoms with Crippen molar-refractivity contribution in [1.29, 1.82) is 0 Å². The van der Waals surface area contributed by atoms with Gasteiger partial charge in [-0.05, 0) is 6.07 Å². The molecule has 0 aliphatic carbocycles. The van der Waals surface area contributed by atoms with Gasteiger partial charge in [0.2, 0.25) is 0 Å². The van der Waals surface area contributed by atoms with Crippen molar-refractivity contribution < 1.29 is 13.2 Å². The summed E-state index contributed by atoms with van der Waals surface area (Å²) in [7, 11) is 0. The predicted molar refractivity (Wildman–Crippen MR) is 38.0 cm³/mol. The lowest BCUT2D eigenvalue weighted by atomic mass is 10.4. The van der Waals surface area contributed by atoms with E-state index in [0.717, 1.165) is 10.6 Å². The number of fused-ring (bicyclic) bond motifs is 1. The molecule has 0 saturated heterocycles. The summed E-state index contributed by atoms with van der Waals surface area (Å²) >= 11 is 0. The van der Waals surface area contributed by atoms with E-state index >= 15 is 0 Å². The van der Waals surface area contributed by atoms with Gasteiger partial charge in [0.05, 0.1) is 0 Å². The molecule has 2 aromatic heterocycles. The normalized spacial score (nSPS) is 12.2. The number of aromatic nitrogens is 3. The summed E-state index contributed by atoms with van der Waals surface area (Å²) in [6.45, 7) is 0. The van der Waals surface area contributed by atoms with Gasteiger partial charge >= 0.3 is 6.18 Å². The molecule has 0 N–H and O–H groups in total. The van der Waals surface area contributed by atoms with E-state index in [-0.39, 0.29) is 5.65 Å². The lowest BCUT2D eigenvalue weighted by molar-refractivity contribution is -0.141. The maximum Gasteiger partial charge on any atom is 0.435 e. The highest BCUT2D eigenvalue weighted by atomic mass is 19.4. The second kappa shape index (κ2) is 2.45. The quantitative estimate of drug-likeness (QED) is 0.628. The van der Waals surface area contributed by atoms with Gasteiger partial charge in [-0.15, -0.1) is 0 Å². The van der Waals surface area contributed by atoms with E-state index in [0.29, 0.717) is 0 Å². The molecular formula is C7H4F3N3. The monoisotopic (exact) mass is 187 g/mol. The Morgan fingerprint density at radius 2 is 2.08 bits per heavy atom. The molecule has 2 aromatic rings. The van der Waals surface area contributed by atoms with Crippen LogP contribution in [0.2, 0.25) is 0 Å². The molecule has 13 heavy (non-hydrogen) atoms. The number of nitrogens with zero attached hydrogens (tertiary/aromatic N) is 3. The summed E-state index contributed by atoms with van der Waals surface area (Å²) < 4.78 is 37.5. The van der Waals surface area contributed by atoms with Gasteiger partial charge in [-0.1, -0.05) is 0 Å². The minimum atomic E-state index is -4.41. The number of rotatable bonds is 0. The molecule has 0 aromatic carbocycles. The Kier molecular flexibility index (Phi) is 1.51. The van der Waals surface area contributed by atoms with E-state index in [2.05, 4.69) is 10.1 Å². The largest absolute Gasteiger partial charge is 0.435 e. The first-order valence-electron chi connectivity index (χ1n) is 3.45. The first-order chi connectivity index (χ1) is 6.07. The van der Waals surface area contributed by atoms with Gasteiger partial charge in [-0.2, -0.15) is 18.3 Å². The molecule has 0 fully saturated rings. The molecule has 0 amide bonds. The highest BCUT2D eigenvalue weighted by Crippen LogP contribution is 2.28. The smallest absolute Gasteiger partial charge is 0.237 e. The van der Waals surface area contributed by atoms with Crippen LogP contribution in [-0.4, -0.2) is 14.6 Å². The van der Waals surface area contributed by atoms with Crippen LogP contribution in [0.1, 0.15) is 5.69 Å². The lowest BCUT2D eigenvalue weighted by Gasteiger charge is -1.98. The topological polar surface area (TPSA) is 30.2 Å². The van der Waals surface area contributed by atoms with Crippen LogP contribution in [0.4, 0.5) is 13.2 Å². The van der Waals surface area contributed by atoms with E-state index in [1.54, 1.807) is 0 Å². The Morgan fingerprint density at radius 3 is 2.69 bits per heavy atom. The summed E-state index contributed by atoms with van der Waals surface area (Å²) in [6, 6.07) is 2.42. The Hall–Kier alpha value is -1.59. The van der Waals surface area contributed by atoms with E-state index in [1.807, 2.05) is 0 Å². The third-order valence-corrected chi connectivity index (χ3v) is 1.53. The highest BCUT2D eigenvalue weighted by molar-refractivity contribution is 5.38. The second-order valence-electron chi connectivity index (χ2n) is 2.45. The number of hydrogen-bond donors (Lipinski definition) is 0. The minimum absolute atomic E-state index is 0.190. The zero-order chi connectivity index (χ0) is 9.47. The molecule has 0 bridgehead atoms. The number of halogens is 3. The molecule has 0 atom stereocenters. The zero-order valence-corrected chi connectivity index (χ0v) is 6.28. The van der Waals surface area contributed by atoms with Crippen LogP contribution in [0, 0.1) is 0 Å². The summed E-state index contributed by atoms with van der Waals surface area (Å²) in [5.74, 6) is 0. The Balaban J connectivity index is 2.63. The fourth-order valence-electron chi connectivity index (χ4n) is 0.969. The fraction of sp³-hybridized carbons (Fsp3) is 0.143. The van der Waals surface area contributed by atoms with E-state index in [1.165, 1.54) is 18.5 Å². The van der Waals surface area contributed by atoms with Crippen LogP contribution < -0.4 is 0 Å². The highest BCUT2D eigenvalue weighted by Gasteiger charge is 2.34. The van der Waals surface area contributed by atoms with Crippen molar-refractivity contribution in [2.45, 2.75) is 6.18 Å². The summed E-state index contributed by atoms with van der Waals surface area (Å²) in [4.78, 5) is 3.72. The molecule has 2 heterocycles. The Morgan fingerprint density at radius 1 is 1.31 bits per heavy atom. The standard InChI is InChI=1S/C7H4F3N3/c8-7(9,10)5-4-6-11-2-1-3-13(6)12-5/h1-4H. The van der Waals surface area contributed by atoms with Gasteiger partial charge in [-0.3, -0.25) is 0 Å². The van der Waals surface area contributed by atoms with Crippen molar-refractivity contribution in [2.75, 3.05) is 0 Å². The second-order valence-corrected chi connectivity index (χ2v) is 2.45. The van der Waals surface area contributed by atoms with Gasteiger partial charge in [0.25, 0.3) is 0 Å². The molecule has 0 saturated carbocycles. The molecule has 3 nitrogen and oxygen atoms in total. The van der Waals surface area contributed by atoms with Crippen molar-refractivity contribution >= 4 is 5.65 Å². The molecule has 0 unspecified atom stereocenters. The van der Waals surface area contributed by atoms with Crippen LogP contribution in [0.15, 0.2) is 24.5 Å². The van der Waals surface area contributed by atoms with Crippen molar-refractivity contribution in [2.24, 2.45) is 0 Å². The van der Waals surface area contributed by atoms with Crippen LogP contribution >= 0.6 is 0 Å². The van der Waals surface area contributed by atoms with Gasteiger partial charge in [0.15, 0.2) is 11.3 Å². The molecule has 0 aliphatic rings. The molecule has 0 aliphatic heterocycles. The average molecular weight is 187 g/mol. The Bertz CT molecular complexity index is 399. The van der Waals surface area contributed by atoms with Crippen molar-refractivity contribution in [3.8, 4) is 0 Å². The molecular weight excluding hydrogens is 183 g/mol. The van der Waals surface area contributed by atoms with E-state index < -0.39 is 11.9 Å². The molecule has 68 valence electrons. The summed E-state index contributed by atoms with van der Waals surface area (Å²) in [5, 5.41) is 3.31. The SMILES string of the molecule is FC(F)(F)c1cc2ncccn2n1. The van der Waals surface area contributed by atoms with E-state index in [9.17, 15) is 13.2 Å². The first kappa shape index (κ1) is 8.03.